The minimum atomic E-state index is -1.17. The fraction of sp³-hybridized carbons (Fsp3) is 0.222. The van der Waals surface area contributed by atoms with E-state index in [0.29, 0.717) is 5.69 Å². The minimum absolute atomic E-state index is 0.120. The summed E-state index contributed by atoms with van der Waals surface area (Å²) in [4.78, 5) is 25.1. The number of esters is 1. The standard InChI is InChI=1S/C9H9NO4/c1-5-3-4-7(9(12)13)8(10-5)14-6(2)11/h3-4H,1-2H3,(H,12,13). The first-order valence-corrected chi connectivity index (χ1v) is 3.90. The highest BCUT2D eigenvalue weighted by Crippen LogP contribution is 2.16. The van der Waals surface area contributed by atoms with Gasteiger partial charge in [-0.05, 0) is 19.1 Å². The number of carbonyl (C=O) groups excluding carboxylic acids is 1. The number of rotatable bonds is 2. The minimum Gasteiger partial charge on any atom is -0.477 e. The number of hydrogen-bond donors (Lipinski definition) is 1. The lowest BCUT2D eigenvalue weighted by molar-refractivity contribution is -0.132. The Hall–Kier alpha value is -1.91. The van der Waals surface area contributed by atoms with Crippen LogP contribution in [0, 0.1) is 6.92 Å². The normalized spacial score (nSPS) is 9.57. The van der Waals surface area contributed by atoms with Crippen LogP contribution >= 0.6 is 0 Å². The molecule has 14 heavy (non-hydrogen) atoms. The Bertz CT molecular complexity index is 386. The van der Waals surface area contributed by atoms with Crippen molar-refractivity contribution in [2.75, 3.05) is 0 Å². The molecule has 0 saturated carbocycles. The SMILES string of the molecule is CC(=O)Oc1nc(C)ccc1C(=O)O. The van der Waals surface area contributed by atoms with E-state index in [0.717, 1.165) is 0 Å². The molecule has 0 amide bonds. The fourth-order valence-corrected chi connectivity index (χ4v) is 0.910. The molecule has 1 N–H and O–H groups in total. The van der Waals surface area contributed by atoms with E-state index in [-0.39, 0.29) is 11.4 Å². The highest BCUT2D eigenvalue weighted by molar-refractivity contribution is 5.91. The van der Waals surface area contributed by atoms with Gasteiger partial charge >= 0.3 is 11.9 Å². The summed E-state index contributed by atoms with van der Waals surface area (Å²) in [7, 11) is 0. The predicted molar refractivity (Wildman–Crippen MR) is 47.2 cm³/mol. The second kappa shape index (κ2) is 3.87. The van der Waals surface area contributed by atoms with E-state index in [1.165, 1.54) is 19.1 Å². The van der Waals surface area contributed by atoms with Crippen LogP contribution in [0.5, 0.6) is 5.88 Å². The molecule has 0 aliphatic carbocycles. The smallest absolute Gasteiger partial charge is 0.341 e. The van der Waals surface area contributed by atoms with Crippen LogP contribution in [-0.4, -0.2) is 22.0 Å². The number of aromatic carboxylic acids is 1. The van der Waals surface area contributed by atoms with Crippen molar-refractivity contribution in [3.63, 3.8) is 0 Å². The molecule has 0 aliphatic rings. The van der Waals surface area contributed by atoms with Gasteiger partial charge in [-0.2, -0.15) is 0 Å². The molecule has 0 radical (unpaired) electrons. The maximum Gasteiger partial charge on any atom is 0.341 e. The Labute approximate surface area is 80.3 Å². The molecule has 5 heteroatoms. The van der Waals surface area contributed by atoms with Gasteiger partial charge in [0.1, 0.15) is 5.56 Å². The monoisotopic (exact) mass is 195 g/mol. The van der Waals surface area contributed by atoms with Crippen molar-refractivity contribution in [3.8, 4) is 5.88 Å². The Morgan fingerprint density at radius 1 is 1.43 bits per heavy atom. The summed E-state index contributed by atoms with van der Waals surface area (Å²) < 4.78 is 4.66. The number of aromatic nitrogens is 1. The van der Waals surface area contributed by atoms with E-state index < -0.39 is 11.9 Å². The molecule has 74 valence electrons. The molecular formula is C9H9NO4. The van der Waals surface area contributed by atoms with Gasteiger partial charge in [0.2, 0.25) is 5.88 Å². The molecular weight excluding hydrogens is 186 g/mol. The van der Waals surface area contributed by atoms with E-state index in [1.54, 1.807) is 6.92 Å². The second-order valence-corrected chi connectivity index (χ2v) is 2.70. The van der Waals surface area contributed by atoms with E-state index in [9.17, 15) is 9.59 Å². The lowest BCUT2D eigenvalue weighted by Gasteiger charge is -2.04. The number of carbonyl (C=O) groups is 2. The maximum atomic E-state index is 10.7. The third kappa shape index (κ3) is 2.29. The van der Waals surface area contributed by atoms with Crippen LogP contribution in [0.15, 0.2) is 12.1 Å². The van der Waals surface area contributed by atoms with Crippen LogP contribution in [0.4, 0.5) is 0 Å². The van der Waals surface area contributed by atoms with Gasteiger partial charge in [0.25, 0.3) is 0 Å². The molecule has 0 saturated heterocycles. The van der Waals surface area contributed by atoms with Gasteiger partial charge in [-0.15, -0.1) is 0 Å². The Morgan fingerprint density at radius 3 is 2.57 bits per heavy atom. The van der Waals surface area contributed by atoms with Gasteiger partial charge in [-0.1, -0.05) is 0 Å². The molecule has 5 nitrogen and oxygen atoms in total. The van der Waals surface area contributed by atoms with Gasteiger partial charge in [-0.25, -0.2) is 9.78 Å². The Morgan fingerprint density at radius 2 is 2.07 bits per heavy atom. The summed E-state index contributed by atoms with van der Waals surface area (Å²) in [5, 5.41) is 8.74. The Balaban J connectivity index is 3.15. The molecule has 1 aromatic rings. The first kappa shape index (κ1) is 10.2. The third-order valence-electron chi connectivity index (χ3n) is 1.47. The molecule has 0 bridgehead atoms. The number of carboxylic acids is 1. The van der Waals surface area contributed by atoms with E-state index in [1.807, 2.05) is 0 Å². The molecule has 1 heterocycles. The Kier molecular flexibility index (Phi) is 2.81. The van der Waals surface area contributed by atoms with Crippen molar-refractivity contribution < 1.29 is 19.4 Å². The molecule has 0 aromatic carbocycles. The average Bonchev–Trinajstić information content (AvgIpc) is 2.01. The zero-order valence-electron chi connectivity index (χ0n) is 7.77. The topological polar surface area (TPSA) is 76.5 Å². The molecule has 0 unspecified atom stereocenters. The van der Waals surface area contributed by atoms with E-state index >= 15 is 0 Å². The number of nitrogens with zero attached hydrogens (tertiary/aromatic N) is 1. The van der Waals surface area contributed by atoms with Crippen molar-refractivity contribution in [3.05, 3.63) is 23.4 Å². The van der Waals surface area contributed by atoms with Gasteiger partial charge in [-0.3, -0.25) is 4.79 Å². The lowest BCUT2D eigenvalue weighted by Crippen LogP contribution is -2.09. The van der Waals surface area contributed by atoms with Crippen LogP contribution in [0.3, 0.4) is 0 Å². The van der Waals surface area contributed by atoms with Crippen LogP contribution in [0.2, 0.25) is 0 Å². The summed E-state index contributed by atoms with van der Waals surface area (Å²) in [6, 6.07) is 2.89. The summed E-state index contributed by atoms with van der Waals surface area (Å²) >= 11 is 0. The largest absolute Gasteiger partial charge is 0.477 e. The zero-order valence-corrected chi connectivity index (χ0v) is 7.77. The number of carboxylic acid groups (broad SMARTS) is 1. The highest BCUT2D eigenvalue weighted by Gasteiger charge is 2.14. The second-order valence-electron chi connectivity index (χ2n) is 2.70. The highest BCUT2D eigenvalue weighted by atomic mass is 16.5. The quantitative estimate of drug-likeness (QED) is 0.712. The fourth-order valence-electron chi connectivity index (χ4n) is 0.910. The molecule has 1 rings (SSSR count). The molecule has 0 fully saturated rings. The van der Waals surface area contributed by atoms with E-state index in [2.05, 4.69) is 9.72 Å². The third-order valence-corrected chi connectivity index (χ3v) is 1.47. The predicted octanol–water partition coefficient (Wildman–Crippen LogP) is 1.01. The summed E-state index contributed by atoms with van der Waals surface area (Å²) in [6.45, 7) is 2.87. The summed E-state index contributed by atoms with van der Waals surface area (Å²) in [6.07, 6.45) is 0. The van der Waals surface area contributed by atoms with Crippen molar-refractivity contribution in [2.24, 2.45) is 0 Å². The molecule has 0 atom stereocenters. The van der Waals surface area contributed by atoms with Crippen molar-refractivity contribution in [1.82, 2.24) is 4.98 Å². The van der Waals surface area contributed by atoms with E-state index in [4.69, 9.17) is 5.11 Å². The summed E-state index contributed by atoms with van der Waals surface area (Å²) in [5.41, 5.74) is 0.469. The molecule has 1 aromatic heterocycles. The number of hydrogen-bond acceptors (Lipinski definition) is 4. The average molecular weight is 195 g/mol. The van der Waals surface area contributed by atoms with Gasteiger partial charge in [0.15, 0.2) is 0 Å². The van der Waals surface area contributed by atoms with Crippen LogP contribution in [0.25, 0.3) is 0 Å². The molecule has 0 aliphatic heterocycles. The maximum absolute atomic E-state index is 10.7. The van der Waals surface area contributed by atoms with Gasteiger partial charge in [0, 0.05) is 12.6 Å². The lowest BCUT2D eigenvalue weighted by atomic mass is 10.2. The van der Waals surface area contributed by atoms with Crippen LogP contribution < -0.4 is 4.74 Å². The number of ether oxygens (including phenoxy) is 1. The summed E-state index contributed by atoms with van der Waals surface area (Å²) in [5.74, 6) is -1.93. The van der Waals surface area contributed by atoms with Gasteiger partial charge < -0.3 is 9.84 Å². The van der Waals surface area contributed by atoms with Crippen molar-refractivity contribution in [2.45, 2.75) is 13.8 Å². The number of pyridine rings is 1. The van der Waals surface area contributed by atoms with Gasteiger partial charge in [0.05, 0.1) is 0 Å². The van der Waals surface area contributed by atoms with Crippen molar-refractivity contribution in [1.29, 1.82) is 0 Å². The van der Waals surface area contributed by atoms with Crippen molar-refractivity contribution >= 4 is 11.9 Å². The van der Waals surface area contributed by atoms with Crippen LogP contribution in [0.1, 0.15) is 23.0 Å². The zero-order chi connectivity index (χ0) is 10.7. The van der Waals surface area contributed by atoms with Crippen LogP contribution in [-0.2, 0) is 4.79 Å². The first-order chi connectivity index (χ1) is 6.50. The molecule has 0 spiro atoms. The number of aryl methyl sites for hydroxylation is 1. The first-order valence-electron chi connectivity index (χ1n) is 3.90.